The third-order valence-corrected chi connectivity index (χ3v) is 4.01. The van der Waals surface area contributed by atoms with Gasteiger partial charge in [-0.25, -0.2) is 9.37 Å². The van der Waals surface area contributed by atoms with E-state index >= 15 is 0 Å². The number of nitrogens with one attached hydrogen (secondary N) is 2. The summed E-state index contributed by atoms with van der Waals surface area (Å²) in [5.41, 5.74) is 2.23. The third kappa shape index (κ3) is 3.81. The van der Waals surface area contributed by atoms with Crippen LogP contribution in [-0.2, 0) is 4.79 Å². The van der Waals surface area contributed by atoms with Crippen LogP contribution in [0.3, 0.4) is 0 Å². The van der Waals surface area contributed by atoms with Crippen LogP contribution in [0.4, 0.5) is 10.1 Å². The van der Waals surface area contributed by atoms with Crippen LogP contribution in [0.25, 0.3) is 11.0 Å². The number of aromatic nitrogens is 2. The number of hydrogen-bond acceptors (Lipinski definition) is 4. The maximum absolute atomic E-state index is 12.8. The van der Waals surface area contributed by atoms with E-state index < -0.39 is 0 Å². The largest absolute Gasteiger partial charge is 0.497 e. The van der Waals surface area contributed by atoms with E-state index in [2.05, 4.69) is 15.3 Å². The van der Waals surface area contributed by atoms with E-state index in [4.69, 9.17) is 4.74 Å². The van der Waals surface area contributed by atoms with Crippen molar-refractivity contribution in [3.63, 3.8) is 0 Å². The highest BCUT2D eigenvalue weighted by molar-refractivity contribution is 7.99. The van der Waals surface area contributed by atoms with Crippen LogP contribution in [0.1, 0.15) is 0 Å². The number of thioether (sulfide) groups is 1. The molecule has 1 heterocycles. The van der Waals surface area contributed by atoms with Crippen molar-refractivity contribution >= 4 is 34.4 Å². The van der Waals surface area contributed by atoms with Gasteiger partial charge in [-0.05, 0) is 36.4 Å². The summed E-state index contributed by atoms with van der Waals surface area (Å²) in [5.74, 6) is 0.426. The summed E-state index contributed by atoms with van der Waals surface area (Å²) in [6, 6.07) is 11.2. The summed E-state index contributed by atoms with van der Waals surface area (Å²) in [6.07, 6.45) is 0. The lowest BCUT2D eigenvalue weighted by atomic mass is 10.3. The number of methoxy groups -OCH3 is 1. The summed E-state index contributed by atoms with van der Waals surface area (Å²) < 4.78 is 18.0. The minimum atomic E-state index is -0.338. The van der Waals surface area contributed by atoms with E-state index in [1.807, 2.05) is 18.2 Å². The Morgan fingerprint density at radius 3 is 2.83 bits per heavy atom. The minimum Gasteiger partial charge on any atom is -0.497 e. The van der Waals surface area contributed by atoms with Gasteiger partial charge in [-0.3, -0.25) is 4.79 Å². The summed E-state index contributed by atoms with van der Waals surface area (Å²) in [4.78, 5) is 19.4. The molecule has 0 unspecified atom stereocenters. The van der Waals surface area contributed by atoms with E-state index in [0.29, 0.717) is 10.8 Å². The smallest absolute Gasteiger partial charge is 0.234 e. The van der Waals surface area contributed by atoms with Crippen molar-refractivity contribution in [2.24, 2.45) is 0 Å². The van der Waals surface area contributed by atoms with Gasteiger partial charge in [-0.1, -0.05) is 11.8 Å². The maximum Gasteiger partial charge on any atom is 0.234 e. The predicted octanol–water partition coefficient (Wildman–Crippen LogP) is 3.44. The van der Waals surface area contributed by atoms with Gasteiger partial charge in [0.05, 0.1) is 23.9 Å². The molecule has 0 radical (unpaired) electrons. The Morgan fingerprint density at radius 2 is 2.09 bits per heavy atom. The Morgan fingerprint density at radius 1 is 1.30 bits per heavy atom. The lowest BCUT2D eigenvalue weighted by Crippen LogP contribution is -2.14. The summed E-state index contributed by atoms with van der Waals surface area (Å²) >= 11 is 1.30. The average molecular weight is 331 g/mol. The fourth-order valence-corrected chi connectivity index (χ4v) is 2.71. The molecule has 2 aromatic carbocycles. The quantitative estimate of drug-likeness (QED) is 0.703. The highest BCUT2D eigenvalue weighted by Crippen LogP contribution is 2.23. The molecule has 5 nitrogen and oxygen atoms in total. The lowest BCUT2D eigenvalue weighted by Gasteiger charge is -2.03. The Labute approximate surface area is 136 Å². The predicted molar refractivity (Wildman–Crippen MR) is 88.4 cm³/mol. The fourth-order valence-electron chi connectivity index (χ4n) is 2.02. The second kappa shape index (κ2) is 6.70. The van der Waals surface area contributed by atoms with E-state index in [-0.39, 0.29) is 17.5 Å². The van der Waals surface area contributed by atoms with Gasteiger partial charge in [0.25, 0.3) is 0 Å². The molecule has 0 spiro atoms. The topological polar surface area (TPSA) is 67.0 Å². The molecular formula is C16H14FN3O2S. The van der Waals surface area contributed by atoms with E-state index in [1.54, 1.807) is 7.11 Å². The van der Waals surface area contributed by atoms with Gasteiger partial charge in [0, 0.05) is 11.8 Å². The average Bonchev–Trinajstić information content (AvgIpc) is 2.97. The first-order valence-electron chi connectivity index (χ1n) is 6.86. The standard InChI is InChI=1S/C16H14FN3O2S/c1-22-12-6-7-13-14(8-12)20-16(19-13)23-9-15(21)18-11-4-2-10(17)3-5-11/h2-8H,9H2,1H3,(H,18,21)(H,19,20). The second-order valence-corrected chi connectivity index (χ2v) is 5.73. The number of aromatic amines is 1. The van der Waals surface area contributed by atoms with Crippen LogP contribution in [0.15, 0.2) is 47.6 Å². The van der Waals surface area contributed by atoms with E-state index in [9.17, 15) is 9.18 Å². The molecule has 23 heavy (non-hydrogen) atoms. The molecule has 0 bridgehead atoms. The number of ether oxygens (including phenoxy) is 1. The van der Waals surface area contributed by atoms with Crippen LogP contribution in [0, 0.1) is 5.82 Å². The van der Waals surface area contributed by atoms with Gasteiger partial charge < -0.3 is 15.0 Å². The molecule has 3 rings (SSSR count). The number of anilines is 1. The molecule has 3 aromatic rings. The number of imidazole rings is 1. The first kappa shape index (κ1) is 15.4. The van der Waals surface area contributed by atoms with Crippen LogP contribution in [-0.4, -0.2) is 28.7 Å². The maximum atomic E-state index is 12.8. The molecule has 0 saturated carbocycles. The normalized spacial score (nSPS) is 10.7. The van der Waals surface area contributed by atoms with Crippen LogP contribution in [0.2, 0.25) is 0 Å². The van der Waals surface area contributed by atoms with Crippen LogP contribution in [0.5, 0.6) is 5.75 Å². The van der Waals surface area contributed by atoms with Crippen LogP contribution >= 0.6 is 11.8 Å². The fraction of sp³-hybridized carbons (Fsp3) is 0.125. The summed E-state index contributed by atoms with van der Waals surface area (Å²) in [7, 11) is 1.60. The van der Waals surface area contributed by atoms with Crippen molar-refractivity contribution in [1.82, 2.24) is 9.97 Å². The van der Waals surface area contributed by atoms with Gasteiger partial charge in [-0.15, -0.1) is 0 Å². The van der Waals surface area contributed by atoms with Gasteiger partial charge in [0.1, 0.15) is 11.6 Å². The summed E-state index contributed by atoms with van der Waals surface area (Å²) in [6.45, 7) is 0. The molecule has 0 aliphatic heterocycles. The SMILES string of the molecule is COc1ccc2nc(SCC(=O)Nc3ccc(F)cc3)[nH]c2c1. The van der Waals surface area contributed by atoms with Gasteiger partial charge >= 0.3 is 0 Å². The van der Waals surface area contributed by atoms with Crippen molar-refractivity contribution in [3.05, 3.63) is 48.3 Å². The number of halogens is 1. The first-order valence-corrected chi connectivity index (χ1v) is 7.84. The molecule has 0 saturated heterocycles. The number of hydrogen-bond donors (Lipinski definition) is 2. The molecular weight excluding hydrogens is 317 g/mol. The molecule has 0 aliphatic rings. The number of H-pyrrole nitrogens is 1. The molecule has 1 aromatic heterocycles. The molecule has 0 atom stereocenters. The zero-order valence-corrected chi connectivity index (χ0v) is 13.1. The number of rotatable bonds is 5. The minimum absolute atomic E-state index is 0.181. The number of carbonyl (C=O) groups is 1. The number of carbonyl (C=O) groups excluding carboxylic acids is 1. The highest BCUT2D eigenvalue weighted by Gasteiger charge is 2.08. The number of nitrogens with zero attached hydrogens (tertiary/aromatic N) is 1. The van der Waals surface area contributed by atoms with Crippen molar-refractivity contribution < 1.29 is 13.9 Å². The molecule has 7 heteroatoms. The van der Waals surface area contributed by atoms with Gasteiger partial charge in [0.2, 0.25) is 5.91 Å². The Hall–Kier alpha value is -2.54. The zero-order chi connectivity index (χ0) is 16.2. The van der Waals surface area contributed by atoms with Crippen molar-refractivity contribution in [2.75, 3.05) is 18.2 Å². The molecule has 1 amide bonds. The number of fused-ring (bicyclic) bond motifs is 1. The Balaban J connectivity index is 1.61. The van der Waals surface area contributed by atoms with Crippen molar-refractivity contribution in [2.45, 2.75) is 5.16 Å². The summed E-state index contributed by atoms with van der Waals surface area (Å²) in [5, 5.41) is 3.36. The first-order chi connectivity index (χ1) is 11.1. The number of amides is 1. The monoisotopic (exact) mass is 331 g/mol. The molecule has 118 valence electrons. The Bertz CT molecular complexity index is 833. The molecule has 0 fully saturated rings. The highest BCUT2D eigenvalue weighted by atomic mass is 32.2. The zero-order valence-electron chi connectivity index (χ0n) is 12.3. The molecule has 2 N–H and O–H groups in total. The van der Waals surface area contributed by atoms with Gasteiger partial charge in [-0.2, -0.15) is 0 Å². The second-order valence-electron chi connectivity index (χ2n) is 4.77. The van der Waals surface area contributed by atoms with E-state index in [1.165, 1.54) is 36.0 Å². The Kier molecular flexibility index (Phi) is 4.47. The van der Waals surface area contributed by atoms with Gasteiger partial charge in [0.15, 0.2) is 5.16 Å². The van der Waals surface area contributed by atoms with Crippen molar-refractivity contribution in [3.8, 4) is 5.75 Å². The lowest BCUT2D eigenvalue weighted by molar-refractivity contribution is -0.113. The van der Waals surface area contributed by atoms with Crippen molar-refractivity contribution in [1.29, 1.82) is 0 Å². The number of benzene rings is 2. The van der Waals surface area contributed by atoms with Crippen LogP contribution < -0.4 is 10.1 Å². The molecule has 0 aliphatic carbocycles. The third-order valence-electron chi connectivity index (χ3n) is 3.14. The van der Waals surface area contributed by atoms with E-state index in [0.717, 1.165) is 16.8 Å².